The Hall–Kier alpha value is -2.40. The molecule has 0 aliphatic rings. The molecule has 0 aliphatic carbocycles. The maximum absolute atomic E-state index is 11.1. The Morgan fingerprint density at radius 1 is 1.13 bits per heavy atom. The zero-order valence-electron chi connectivity index (χ0n) is 13.1. The lowest BCUT2D eigenvalue weighted by molar-refractivity contribution is -0.485. The predicted octanol–water partition coefficient (Wildman–Crippen LogP) is 2.91. The summed E-state index contributed by atoms with van der Waals surface area (Å²) in [5.74, 6) is 0.148. The van der Waals surface area contributed by atoms with Crippen LogP contribution in [-0.2, 0) is 6.42 Å². The van der Waals surface area contributed by atoms with E-state index in [0.717, 1.165) is 11.1 Å². The van der Waals surface area contributed by atoms with Gasteiger partial charge < -0.3 is 9.84 Å². The van der Waals surface area contributed by atoms with E-state index < -0.39 is 0 Å². The number of hydrogen-bond donors (Lipinski definition) is 1. The first-order chi connectivity index (χ1) is 11.1. The fourth-order valence-electron chi connectivity index (χ4n) is 2.79. The van der Waals surface area contributed by atoms with Crippen LogP contribution in [0, 0.1) is 16.0 Å². The van der Waals surface area contributed by atoms with Crippen LogP contribution in [0.5, 0.6) is 5.75 Å². The van der Waals surface area contributed by atoms with Crippen molar-refractivity contribution in [1.82, 2.24) is 0 Å². The van der Waals surface area contributed by atoms with E-state index in [1.165, 1.54) is 0 Å². The van der Waals surface area contributed by atoms with E-state index in [2.05, 4.69) is 0 Å². The molecule has 0 saturated carbocycles. The van der Waals surface area contributed by atoms with Crippen molar-refractivity contribution >= 4 is 0 Å². The molecule has 0 bridgehead atoms. The van der Waals surface area contributed by atoms with Gasteiger partial charge in [-0.05, 0) is 35.6 Å². The summed E-state index contributed by atoms with van der Waals surface area (Å²) in [4.78, 5) is 10.8. The maximum Gasteiger partial charge on any atom is 0.211 e. The molecule has 1 N–H and O–H groups in total. The van der Waals surface area contributed by atoms with Gasteiger partial charge in [0, 0.05) is 11.5 Å². The van der Waals surface area contributed by atoms with Crippen molar-refractivity contribution < 1.29 is 14.8 Å². The van der Waals surface area contributed by atoms with E-state index in [9.17, 15) is 15.2 Å². The molecule has 0 fully saturated rings. The minimum absolute atomic E-state index is 0.0978. The van der Waals surface area contributed by atoms with Gasteiger partial charge in [-0.25, -0.2) is 0 Å². The molecule has 0 heterocycles. The third-order valence-corrected chi connectivity index (χ3v) is 4.03. The van der Waals surface area contributed by atoms with Crippen LogP contribution in [-0.4, -0.2) is 30.3 Å². The number of hydrogen-bond acceptors (Lipinski definition) is 4. The molecule has 122 valence electrons. The van der Waals surface area contributed by atoms with E-state index in [4.69, 9.17) is 4.74 Å². The summed E-state index contributed by atoms with van der Waals surface area (Å²) < 4.78 is 5.13. The molecule has 2 rings (SSSR count). The van der Waals surface area contributed by atoms with Gasteiger partial charge >= 0.3 is 0 Å². The highest BCUT2D eigenvalue weighted by Gasteiger charge is 2.27. The van der Waals surface area contributed by atoms with Crippen molar-refractivity contribution in [3.63, 3.8) is 0 Å². The van der Waals surface area contributed by atoms with Crippen molar-refractivity contribution in [2.45, 2.75) is 12.3 Å². The summed E-state index contributed by atoms with van der Waals surface area (Å²) in [6.45, 7) is -0.302. The summed E-state index contributed by atoms with van der Waals surface area (Å²) in [5.41, 5.74) is 1.91. The largest absolute Gasteiger partial charge is 0.497 e. The van der Waals surface area contributed by atoms with Gasteiger partial charge in [-0.3, -0.25) is 10.1 Å². The topological polar surface area (TPSA) is 72.6 Å². The molecule has 0 spiro atoms. The molecule has 0 saturated heterocycles. The molecule has 2 atom stereocenters. The molecular weight excluding hydrogens is 294 g/mol. The van der Waals surface area contributed by atoms with E-state index >= 15 is 0 Å². The van der Waals surface area contributed by atoms with Crippen molar-refractivity contribution in [1.29, 1.82) is 0 Å². The molecule has 0 aromatic heterocycles. The van der Waals surface area contributed by atoms with Crippen LogP contribution in [0.2, 0.25) is 0 Å². The number of benzene rings is 2. The number of methoxy groups -OCH3 is 1. The third-order valence-electron chi connectivity index (χ3n) is 4.03. The molecule has 0 aliphatic heterocycles. The van der Waals surface area contributed by atoms with Crippen LogP contribution < -0.4 is 4.74 Å². The number of nitrogens with zero attached hydrogens (tertiary/aromatic N) is 1. The Labute approximate surface area is 135 Å². The number of nitro groups is 1. The Balaban J connectivity index is 2.25. The molecule has 23 heavy (non-hydrogen) atoms. The van der Waals surface area contributed by atoms with Gasteiger partial charge in [-0.2, -0.15) is 0 Å². The summed E-state index contributed by atoms with van der Waals surface area (Å²) >= 11 is 0. The smallest absolute Gasteiger partial charge is 0.211 e. The van der Waals surface area contributed by atoms with E-state index in [-0.39, 0.29) is 29.9 Å². The lowest BCUT2D eigenvalue weighted by atomic mass is 9.82. The monoisotopic (exact) mass is 315 g/mol. The highest BCUT2D eigenvalue weighted by atomic mass is 16.6. The molecule has 5 heteroatoms. The Morgan fingerprint density at radius 2 is 1.78 bits per heavy atom. The van der Waals surface area contributed by atoms with Crippen molar-refractivity contribution in [2.75, 3.05) is 20.3 Å². The summed E-state index contributed by atoms with van der Waals surface area (Å²) in [6, 6.07) is 17.0. The summed E-state index contributed by atoms with van der Waals surface area (Å²) in [5, 5.41) is 20.9. The standard InChI is InChI=1S/C18H21NO4/c1-23-17-9-7-15(8-10-17)18(12-19(21)22)16(13-20)11-14-5-3-2-4-6-14/h2-10,16,18,20H,11-13H2,1H3/t16-,18+/m0/s1. The molecule has 0 radical (unpaired) electrons. The van der Waals surface area contributed by atoms with Crippen molar-refractivity contribution in [2.24, 2.45) is 5.92 Å². The Kier molecular flexibility index (Phi) is 6.11. The van der Waals surface area contributed by atoms with Gasteiger partial charge in [-0.15, -0.1) is 0 Å². The average molecular weight is 315 g/mol. The van der Waals surface area contributed by atoms with Gasteiger partial charge in [0.25, 0.3) is 0 Å². The fourth-order valence-corrected chi connectivity index (χ4v) is 2.79. The zero-order valence-corrected chi connectivity index (χ0v) is 13.1. The maximum atomic E-state index is 11.1. The second kappa shape index (κ2) is 8.29. The SMILES string of the molecule is COc1ccc([C@@H](C[N+](=O)[O-])[C@H](CO)Cc2ccccc2)cc1. The first-order valence-corrected chi connectivity index (χ1v) is 7.54. The van der Waals surface area contributed by atoms with Crippen LogP contribution in [0.4, 0.5) is 0 Å². The molecule has 0 amide bonds. The average Bonchev–Trinajstić information content (AvgIpc) is 2.59. The molecular formula is C18H21NO4. The summed E-state index contributed by atoms with van der Waals surface area (Å²) in [6.07, 6.45) is 0.599. The van der Waals surface area contributed by atoms with Gasteiger partial charge in [0.15, 0.2) is 0 Å². The normalized spacial score (nSPS) is 13.3. The van der Waals surface area contributed by atoms with Crippen LogP contribution >= 0.6 is 0 Å². The minimum Gasteiger partial charge on any atom is -0.497 e. The quantitative estimate of drug-likeness (QED) is 0.600. The first kappa shape index (κ1) is 17.0. The highest BCUT2D eigenvalue weighted by molar-refractivity contribution is 5.30. The van der Waals surface area contributed by atoms with E-state index in [0.29, 0.717) is 12.2 Å². The van der Waals surface area contributed by atoms with Crippen LogP contribution in [0.15, 0.2) is 54.6 Å². The summed E-state index contributed by atoms with van der Waals surface area (Å²) in [7, 11) is 1.58. The Morgan fingerprint density at radius 3 is 2.30 bits per heavy atom. The third kappa shape index (κ3) is 4.79. The molecule has 0 unspecified atom stereocenters. The lowest BCUT2D eigenvalue weighted by Gasteiger charge is -2.23. The van der Waals surface area contributed by atoms with E-state index in [1.54, 1.807) is 19.2 Å². The first-order valence-electron chi connectivity index (χ1n) is 7.54. The zero-order chi connectivity index (χ0) is 16.7. The minimum atomic E-state index is -0.346. The molecule has 2 aromatic carbocycles. The second-order valence-electron chi connectivity index (χ2n) is 5.53. The highest BCUT2D eigenvalue weighted by Crippen LogP contribution is 2.29. The van der Waals surface area contributed by atoms with Gasteiger partial charge in [0.2, 0.25) is 6.54 Å². The van der Waals surface area contributed by atoms with Crippen molar-refractivity contribution in [3.8, 4) is 5.75 Å². The van der Waals surface area contributed by atoms with Gasteiger partial charge in [0.1, 0.15) is 5.75 Å². The van der Waals surface area contributed by atoms with Gasteiger partial charge in [-0.1, -0.05) is 42.5 Å². The van der Waals surface area contributed by atoms with E-state index in [1.807, 2.05) is 42.5 Å². The fraction of sp³-hybridized carbons (Fsp3) is 0.333. The van der Waals surface area contributed by atoms with Crippen LogP contribution in [0.1, 0.15) is 17.0 Å². The second-order valence-corrected chi connectivity index (χ2v) is 5.53. The molecule has 2 aromatic rings. The van der Waals surface area contributed by atoms with Crippen LogP contribution in [0.25, 0.3) is 0 Å². The lowest BCUT2D eigenvalue weighted by Crippen LogP contribution is -2.25. The van der Waals surface area contributed by atoms with Gasteiger partial charge in [0.05, 0.1) is 13.0 Å². The van der Waals surface area contributed by atoms with Crippen molar-refractivity contribution in [3.05, 3.63) is 75.8 Å². The number of aliphatic hydroxyl groups excluding tert-OH is 1. The predicted molar refractivity (Wildman–Crippen MR) is 88.3 cm³/mol. The Bertz CT molecular complexity index is 613. The van der Waals surface area contributed by atoms with Crippen LogP contribution in [0.3, 0.4) is 0 Å². The number of ether oxygens (including phenoxy) is 1. The molecule has 5 nitrogen and oxygen atoms in total. The number of rotatable bonds is 8. The number of aliphatic hydroxyl groups is 1.